The fourth-order valence-corrected chi connectivity index (χ4v) is 8.98. The molecule has 0 amide bonds. The van der Waals surface area contributed by atoms with Gasteiger partial charge in [0.15, 0.2) is 0 Å². The van der Waals surface area contributed by atoms with E-state index in [2.05, 4.69) is 161 Å². The second-order valence-corrected chi connectivity index (χ2v) is 13.4. The number of benzene rings is 7. The van der Waals surface area contributed by atoms with Crippen LogP contribution >= 0.6 is 11.3 Å². The Kier molecular flexibility index (Phi) is 4.99. The highest BCUT2D eigenvalue weighted by molar-refractivity contribution is 7.19. The van der Waals surface area contributed by atoms with Crippen molar-refractivity contribution >= 4 is 65.7 Å². The average molecular weight is 616 g/mol. The molecule has 0 aliphatic heterocycles. The van der Waals surface area contributed by atoms with E-state index in [4.69, 9.17) is 4.98 Å². The minimum absolute atomic E-state index is 1.07. The molecule has 0 saturated heterocycles. The van der Waals surface area contributed by atoms with Gasteiger partial charge in [-0.25, -0.2) is 4.98 Å². The van der Waals surface area contributed by atoms with Crippen LogP contribution in [0.5, 0.6) is 0 Å². The zero-order chi connectivity index (χ0) is 30.6. The first kappa shape index (κ1) is 25.2. The smallest absolute Gasteiger partial charge is 0.124 e. The molecule has 1 aliphatic carbocycles. The van der Waals surface area contributed by atoms with Gasteiger partial charge in [-0.1, -0.05) is 103 Å². The summed E-state index contributed by atoms with van der Waals surface area (Å²) in [5, 5.41) is 8.64. The highest BCUT2D eigenvalue weighted by atomic mass is 32.1. The number of rotatable bonds is 3. The Bertz CT molecular complexity index is 2890. The summed E-state index contributed by atoms with van der Waals surface area (Å²) < 4.78 is 4.88. The Labute approximate surface area is 274 Å². The van der Waals surface area contributed by atoms with Gasteiger partial charge >= 0.3 is 0 Å². The summed E-state index contributed by atoms with van der Waals surface area (Å²) in [6, 6.07) is 55.1. The van der Waals surface area contributed by atoms with E-state index in [9.17, 15) is 0 Å². The van der Waals surface area contributed by atoms with Crippen molar-refractivity contribution in [3.63, 3.8) is 0 Å². The molecule has 0 bridgehead atoms. The van der Waals surface area contributed by atoms with Crippen molar-refractivity contribution < 1.29 is 0 Å². The zero-order valence-electron chi connectivity index (χ0n) is 25.2. The van der Waals surface area contributed by atoms with E-state index in [-0.39, 0.29) is 0 Å². The molecule has 10 aromatic rings. The first-order valence-electron chi connectivity index (χ1n) is 16.0. The Hall–Kier alpha value is -5.97. The number of hydrogen-bond donors (Lipinski definition) is 0. The maximum absolute atomic E-state index is 5.19. The van der Waals surface area contributed by atoms with Gasteiger partial charge in [-0.3, -0.25) is 0 Å². The molecular weight excluding hydrogens is 591 g/mol. The number of hydrogen-bond acceptors (Lipinski definition) is 2. The lowest BCUT2D eigenvalue weighted by Gasteiger charge is -2.12. The highest BCUT2D eigenvalue weighted by Gasteiger charge is 2.28. The number of nitrogens with zero attached hydrogens (tertiary/aromatic N) is 3. The van der Waals surface area contributed by atoms with Crippen molar-refractivity contribution in [3.8, 4) is 43.6 Å². The van der Waals surface area contributed by atoms with Crippen molar-refractivity contribution in [2.45, 2.75) is 0 Å². The molecule has 0 unspecified atom stereocenters. The van der Waals surface area contributed by atoms with Gasteiger partial charge < -0.3 is 9.13 Å². The number of para-hydroxylation sites is 3. The fraction of sp³-hybridized carbons (Fsp3) is 0. The SMILES string of the molecule is c1ccc(-c2nc3c(s2)-c2cc(-n4c5ccccc5c5cc6c(cc54)c4ccccc4n6-c4ccccc4)cc4cccc-3c24)cc1. The molecule has 1 aliphatic rings. The molecule has 0 N–H and O–H groups in total. The molecule has 0 radical (unpaired) electrons. The van der Waals surface area contributed by atoms with Gasteiger partial charge in [0.1, 0.15) is 5.01 Å². The van der Waals surface area contributed by atoms with E-state index >= 15 is 0 Å². The van der Waals surface area contributed by atoms with E-state index < -0.39 is 0 Å². The molecule has 4 heteroatoms. The fourth-order valence-electron chi connectivity index (χ4n) is 7.87. The highest BCUT2D eigenvalue weighted by Crippen LogP contribution is 2.52. The molecule has 3 aromatic heterocycles. The van der Waals surface area contributed by atoms with Crippen LogP contribution in [0.4, 0.5) is 0 Å². The Morgan fingerprint density at radius 3 is 1.77 bits per heavy atom. The molecule has 0 fully saturated rings. The van der Waals surface area contributed by atoms with Crippen molar-refractivity contribution in [2.24, 2.45) is 0 Å². The summed E-state index contributed by atoms with van der Waals surface area (Å²) in [6.45, 7) is 0. The van der Waals surface area contributed by atoms with Crippen LogP contribution in [-0.2, 0) is 0 Å². The van der Waals surface area contributed by atoms with Crippen molar-refractivity contribution in [2.75, 3.05) is 0 Å². The maximum atomic E-state index is 5.19. The molecule has 3 nitrogen and oxygen atoms in total. The standard InChI is InChI=1S/C43H25N3S/c1-3-12-26(13-4-1)43-44-41-32-19-11-14-27-22-29(23-35(40(27)32)42(41)47-43)46-37-21-10-8-18-31(37)34-24-38-33(25-39(34)46)30-17-7-9-20-36(30)45(38)28-15-5-2-6-16-28/h1-25H. The number of aromatic nitrogens is 3. The van der Waals surface area contributed by atoms with Crippen LogP contribution in [0.15, 0.2) is 152 Å². The lowest BCUT2D eigenvalue weighted by Crippen LogP contribution is -1.95. The Morgan fingerprint density at radius 2 is 1.06 bits per heavy atom. The van der Waals surface area contributed by atoms with E-state index in [0.29, 0.717) is 0 Å². The first-order valence-corrected chi connectivity index (χ1v) is 16.8. The topological polar surface area (TPSA) is 22.8 Å². The third-order valence-corrected chi connectivity index (χ3v) is 11.0. The van der Waals surface area contributed by atoms with Gasteiger partial charge in [0.25, 0.3) is 0 Å². The molecule has 47 heavy (non-hydrogen) atoms. The van der Waals surface area contributed by atoms with Crippen molar-refractivity contribution in [1.29, 1.82) is 0 Å². The van der Waals surface area contributed by atoms with Crippen molar-refractivity contribution in [3.05, 3.63) is 152 Å². The van der Waals surface area contributed by atoms with Crippen LogP contribution in [0.25, 0.3) is 98.0 Å². The van der Waals surface area contributed by atoms with Gasteiger partial charge in [-0.15, -0.1) is 11.3 Å². The summed E-state index contributed by atoms with van der Waals surface area (Å²) in [5.74, 6) is 0. The van der Waals surface area contributed by atoms with Crippen LogP contribution in [0.1, 0.15) is 0 Å². The van der Waals surface area contributed by atoms with Crippen LogP contribution in [0, 0.1) is 0 Å². The minimum atomic E-state index is 1.07. The van der Waals surface area contributed by atoms with Gasteiger partial charge in [0.05, 0.1) is 32.6 Å². The first-order chi connectivity index (χ1) is 23.3. The molecule has 0 atom stereocenters. The van der Waals surface area contributed by atoms with Gasteiger partial charge in [-0.2, -0.15) is 0 Å². The number of fused-ring (bicyclic) bond motifs is 9. The van der Waals surface area contributed by atoms with E-state index in [1.54, 1.807) is 11.3 Å². The predicted molar refractivity (Wildman–Crippen MR) is 198 cm³/mol. The molecule has 11 rings (SSSR count). The van der Waals surface area contributed by atoms with Crippen LogP contribution < -0.4 is 0 Å². The second kappa shape index (κ2) is 9.29. The normalized spacial score (nSPS) is 12.3. The van der Waals surface area contributed by atoms with Crippen LogP contribution in [0.2, 0.25) is 0 Å². The Morgan fingerprint density at radius 1 is 0.447 bits per heavy atom. The van der Waals surface area contributed by atoms with Gasteiger partial charge in [0.2, 0.25) is 0 Å². The third-order valence-electron chi connectivity index (χ3n) is 9.85. The van der Waals surface area contributed by atoms with E-state index in [1.807, 2.05) is 0 Å². The van der Waals surface area contributed by atoms with Gasteiger partial charge in [0, 0.05) is 49.6 Å². The summed E-state index contributed by atoms with van der Waals surface area (Å²) in [7, 11) is 0. The lowest BCUT2D eigenvalue weighted by molar-refractivity contribution is 1.18. The van der Waals surface area contributed by atoms with Gasteiger partial charge in [-0.05, 0) is 59.3 Å². The van der Waals surface area contributed by atoms with Crippen LogP contribution in [-0.4, -0.2) is 14.1 Å². The maximum Gasteiger partial charge on any atom is 0.124 e. The minimum Gasteiger partial charge on any atom is -0.309 e. The summed E-state index contributed by atoms with van der Waals surface area (Å²) in [4.78, 5) is 6.45. The summed E-state index contributed by atoms with van der Waals surface area (Å²) in [5.41, 5.74) is 12.0. The Balaban J connectivity index is 1.22. The third kappa shape index (κ3) is 3.42. The molecule has 3 heterocycles. The van der Waals surface area contributed by atoms with E-state index in [1.165, 1.54) is 81.8 Å². The lowest BCUT2D eigenvalue weighted by atomic mass is 10.0. The molecular formula is C43H25N3S. The zero-order valence-corrected chi connectivity index (χ0v) is 26.0. The van der Waals surface area contributed by atoms with Crippen molar-refractivity contribution in [1.82, 2.24) is 14.1 Å². The van der Waals surface area contributed by atoms with E-state index in [0.717, 1.165) is 16.3 Å². The quantitative estimate of drug-likeness (QED) is 0.194. The largest absolute Gasteiger partial charge is 0.309 e. The second-order valence-electron chi connectivity index (χ2n) is 12.4. The summed E-state index contributed by atoms with van der Waals surface area (Å²) >= 11 is 1.80. The average Bonchev–Trinajstić information content (AvgIpc) is 3.87. The molecule has 218 valence electrons. The number of thiazole rings is 1. The summed E-state index contributed by atoms with van der Waals surface area (Å²) in [6.07, 6.45) is 0. The van der Waals surface area contributed by atoms with Crippen LogP contribution in [0.3, 0.4) is 0 Å². The predicted octanol–water partition coefficient (Wildman–Crippen LogP) is 11.8. The molecule has 7 aromatic carbocycles. The molecule has 0 spiro atoms. The molecule has 0 saturated carbocycles. The monoisotopic (exact) mass is 615 g/mol.